The van der Waals surface area contributed by atoms with E-state index in [1.165, 1.54) is 0 Å². The van der Waals surface area contributed by atoms with E-state index in [1.807, 2.05) is 38.1 Å². The van der Waals surface area contributed by atoms with Gasteiger partial charge in [0, 0.05) is 17.2 Å². The number of halogens is 4. The number of benzene rings is 1. The summed E-state index contributed by atoms with van der Waals surface area (Å²) in [4.78, 5) is 44.0. The van der Waals surface area contributed by atoms with Crippen LogP contribution >= 0.6 is 15.9 Å². The van der Waals surface area contributed by atoms with E-state index in [9.17, 15) is 22.8 Å². The van der Waals surface area contributed by atoms with Crippen molar-refractivity contribution < 1.29 is 28.4 Å². The summed E-state index contributed by atoms with van der Waals surface area (Å²) in [6.07, 6.45) is -3.04. The van der Waals surface area contributed by atoms with Gasteiger partial charge in [0.05, 0.1) is 6.42 Å². The molecule has 3 aromatic rings. The van der Waals surface area contributed by atoms with Gasteiger partial charge in [0.15, 0.2) is 0 Å². The molecule has 36 heavy (non-hydrogen) atoms. The highest BCUT2D eigenvalue weighted by Crippen LogP contribution is 2.22. The Kier molecular flexibility index (Phi) is 8.25. The molecular formula is C23H21BrF3N5O4. The van der Waals surface area contributed by atoms with Crippen LogP contribution in [0.25, 0.3) is 5.82 Å². The van der Waals surface area contributed by atoms with Crippen molar-refractivity contribution in [2.75, 3.05) is 0 Å². The number of aliphatic imine (C=N–C) groups is 1. The smallest absolute Gasteiger partial charge is 0.430 e. The van der Waals surface area contributed by atoms with Gasteiger partial charge in [0.1, 0.15) is 11.8 Å². The van der Waals surface area contributed by atoms with E-state index in [-0.39, 0.29) is 5.92 Å². The molecule has 0 saturated heterocycles. The number of nitrogens with zero attached hydrogens (tertiary/aromatic N) is 4. The van der Waals surface area contributed by atoms with Crippen molar-refractivity contribution in [3.05, 3.63) is 79.5 Å². The monoisotopic (exact) mass is 567 g/mol. The van der Waals surface area contributed by atoms with E-state index in [1.54, 1.807) is 34.3 Å². The molecule has 9 nitrogen and oxygen atoms in total. The molecular weight excluding hydrogens is 547 g/mol. The normalized spacial score (nSPS) is 12.6. The first-order valence-electron chi connectivity index (χ1n) is 10.6. The number of fused-ring (bicyclic) bond motifs is 1. The van der Waals surface area contributed by atoms with Gasteiger partial charge >= 0.3 is 17.4 Å². The number of carbonyl (C=O) groups excluding carboxylic acids is 1. The first kappa shape index (κ1) is 27.0. The summed E-state index contributed by atoms with van der Waals surface area (Å²) in [5.41, 5.74) is 0.711. The summed E-state index contributed by atoms with van der Waals surface area (Å²) < 4.78 is 35.3. The number of carboxylic acid groups (broad SMARTS) is 1. The topological polar surface area (TPSA) is 126 Å². The Morgan fingerprint density at radius 2 is 1.78 bits per heavy atom. The van der Waals surface area contributed by atoms with Crippen LogP contribution in [0.15, 0.2) is 67.7 Å². The molecule has 0 spiro atoms. The first-order chi connectivity index (χ1) is 16.9. The fraction of sp³-hybridized carbons (Fsp3) is 0.261. The van der Waals surface area contributed by atoms with Crippen LogP contribution < -0.4 is 21.7 Å². The molecule has 1 aliphatic rings. The molecule has 0 radical (unpaired) electrons. The molecule has 0 saturated carbocycles. The second-order valence-corrected chi connectivity index (χ2v) is 9.10. The Morgan fingerprint density at radius 1 is 1.14 bits per heavy atom. The van der Waals surface area contributed by atoms with Gasteiger partial charge in [-0.05, 0) is 35.7 Å². The Morgan fingerprint density at radius 3 is 2.31 bits per heavy atom. The van der Waals surface area contributed by atoms with E-state index >= 15 is 0 Å². The lowest BCUT2D eigenvalue weighted by Crippen LogP contribution is -2.83. The van der Waals surface area contributed by atoms with Crippen LogP contribution in [0.3, 0.4) is 0 Å². The van der Waals surface area contributed by atoms with Crippen LogP contribution in [-0.2, 0) is 17.8 Å². The van der Waals surface area contributed by atoms with Crippen molar-refractivity contribution >= 4 is 39.2 Å². The predicted octanol–water partition coefficient (Wildman–Crippen LogP) is 1.59. The number of alkyl halides is 3. The maximum atomic E-state index is 13.2. The molecule has 0 unspecified atom stereocenters. The number of carboxylic acids is 1. The lowest BCUT2D eigenvalue weighted by molar-refractivity contribution is -0.442. The van der Waals surface area contributed by atoms with Gasteiger partial charge in [-0.2, -0.15) is 18.2 Å². The molecule has 0 fully saturated rings. The maximum Gasteiger partial charge on any atom is 0.430 e. The van der Waals surface area contributed by atoms with Crippen molar-refractivity contribution in [2.45, 2.75) is 33.0 Å². The average molecular weight is 568 g/mol. The molecule has 1 aromatic carbocycles. The SMILES string of the molecule is CC(C)Cn1c2c(c(=O)n(-c3ccccn3)c1=O)[NH2+]C(Cc1ccc(Br)cc1)=N2.O=C([O-])C(F)(F)F. The molecule has 0 amide bonds. The van der Waals surface area contributed by atoms with Crippen molar-refractivity contribution in [3.8, 4) is 5.82 Å². The van der Waals surface area contributed by atoms with E-state index in [2.05, 4.69) is 25.9 Å². The summed E-state index contributed by atoms with van der Waals surface area (Å²) >= 11 is 3.44. The number of hydrogen-bond donors (Lipinski definition) is 1. The number of amidine groups is 1. The van der Waals surface area contributed by atoms with Crippen LogP contribution in [0.2, 0.25) is 0 Å². The van der Waals surface area contributed by atoms with Gasteiger partial charge in [-0.1, -0.05) is 48.0 Å². The summed E-state index contributed by atoms with van der Waals surface area (Å²) in [5, 5.41) is 10.6. The van der Waals surface area contributed by atoms with Crippen molar-refractivity contribution in [2.24, 2.45) is 10.9 Å². The second kappa shape index (κ2) is 11.0. The third-order valence-corrected chi connectivity index (χ3v) is 5.40. The Hall–Kier alpha value is -3.58. The quantitative estimate of drug-likeness (QED) is 0.501. The number of aromatic nitrogens is 3. The summed E-state index contributed by atoms with van der Waals surface area (Å²) in [6, 6.07) is 13.1. The van der Waals surface area contributed by atoms with E-state index < -0.39 is 23.4 Å². The largest absolute Gasteiger partial charge is 0.542 e. The number of pyridine rings is 1. The highest BCUT2D eigenvalue weighted by atomic mass is 79.9. The second-order valence-electron chi connectivity index (χ2n) is 8.19. The minimum absolute atomic E-state index is 0.220. The van der Waals surface area contributed by atoms with Crippen LogP contribution in [0.5, 0.6) is 0 Å². The lowest BCUT2D eigenvalue weighted by Gasteiger charge is -2.13. The molecule has 0 aliphatic carbocycles. The molecule has 0 bridgehead atoms. The maximum absolute atomic E-state index is 13.2. The number of quaternary nitrogens is 1. The number of nitrogens with two attached hydrogens (primary N) is 1. The number of carbonyl (C=O) groups is 1. The number of hydrogen-bond acceptors (Lipinski definition) is 6. The molecule has 1 aliphatic heterocycles. The zero-order chi connectivity index (χ0) is 26.6. The van der Waals surface area contributed by atoms with Gasteiger partial charge in [-0.3, -0.25) is 14.7 Å². The van der Waals surface area contributed by atoms with Crippen molar-refractivity contribution in [1.29, 1.82) is 0 Å². The van der Waals surface area contributed by atoms with Crippen LogP contribution in [0.4, 0.5) is 24.7 Å². The minimum Gasteiger partial charge on any atom is -0.542 e. The van der Waals surface area contributed by atoms with Gasteiger partial charge in [0.25, 0.3) is 0 Å². The van der Waals surface area contributed by atoms with Gasteiger partial charge in [-0.15, -0.1) is 0 Å². The number of rotatable bonds is 5. The molecule has 4 rings (SSSR count). The molecule has 13 heteroatoms. The van der Waals surface area contributed by atoms with Gasteiger partial charge in [0.2, 0.25) is 17.3 Å². The van der Waals surface area contributed by atoms with E-state index in [0.29, 0.717) is 30.3 Å². The summed E-state index contributed by atoms with van der Waals surface area (Å²) in [7, 11) is 0. The Bertz CT molecular complexity index is 1400. The minimum atomic E-state index is -5.19. The third kappa shape index (κ3) is 6.34. The highest BCUT2D eigenvalue weighted by Gasteiger charge is 2.31. The van der Waals surface area contributed by atoms with Gasteiger partial charge < -0.3 is 9.90 Å². The molecule has 3 heterocycles. The Balaban J connectivity index is 0.000000454. The fourth-order valence-electron chi connectivity index (χ4n) is 3.36. The van der Waals surface area contributed by atoms with E-state index in [0.717, 1.165) is 20.4 Å². The van der Waals surface area contributed by atoms with Crippen molar-refractivity contribution in [3.63, 3.8) is 0 Å². The number of aliphatic carboxylic acids is 1. The Labute approximate surface area is 211 Å². The zero-order valence-corrected chi connectivity index (χ0v) is 20.7. The van der Waals surface area contributed by atoms with Crippen LogP contribution in [0.1, 0.15) is 19.4 Å². The zero-order valence-electron chi connectivity index (χ0n) is 19.1. The molecule has 2 N–H and O–H groups in total. The molecule has 0 atom stereocenters. The van der Waals surface area contributed by atoms with Crippen LogP contribution in [-0.4, -0.2) is 32.1 Å². The lowest BCUT2D eigenvalue weighted by atomic mass is 10.1. The average Bonchev–Trinajstić information content (AvgIpc) is 3.23. The van der Waals surface area contributed by atoms with Crippen molar-refractivity contribution in [1.82, 2.24) is 14.1 Å². The molecule has 190 valence electrons. The molecule has 2 aromatic heterocycles. The summed E-state index contributed by atoms with van der Waals surface area (Å²) in [6.45, 7) is 4.53. The predicted molar refractivity (Wildman–Crippen MR) is 127 cm³/mol. The van der Waals surface area contributed by atoms with E-state index in [4.69, 9.17) is 9.90 Å². The third-order valence-electron chi connectivity index (χ3n) is 4.87. The van der Waals surface area contributed by atoms with Crippen LogP contribution in [0, 0.1) is 5.92 Å². The standard InChI is InChI=1S/C21H20BrN5O2.C2HF3O2/c1-13(2)12-26-19-18(20(28)27(21(26)29)17-5-3-4-10-23-17)24-16(25-19)11-14-6-8-15(22)9-7-14;3-2(4,5)1(6)7/h3-10,13H,11-12H2,1-2H3,(H,24,25);(H,6,7). The summed E-state index contributed by atoms with van der Waals surface area (Å²) in [5.74, 6) is -1.27. The fourth-order valence-corrected chi connectivity index (χ4v) is 3.63. The van der Waals surface area contributed by atoms with Gasteiger partial charge in [-0.25, -0.2) is 14.3 Å². The first-order valence-corrected chi connectivity index (χ1v) is 11.4. The highest BCUT2D eigenvalue weighted by molar-refractivity contribution is 9.10.